The first-order valence-corrected chi connectivity index (χ1v) is 13.5. The SMILES string of the molecule is CCNC(=O)C(CC)N(CCc1ccccc1)C(=O)CN(c1ccc(Cl)c(C(F)(F)F)c1)S(C)(=O)=O. The summed E-state index contributed by atoms with van der Waals surface area (Å²) in [6.45, 7) is 3.08. The molecule has 2 aromatic carbocycles. The maximum Gasteiger partial charge on any atom is 0.417 e. The standard InChI is InChI=1S/C24H29ClF3N3O4S/c1-4-21(23(33)29-5-2)30(14-13-17-9-7-6-8-10-17)22(32)16-31(36(3,34)35)18-11-12-20(25)19(15-18)24(26,27)28/h6-12,15,21H,4-5,13-14,16H2,1-3H3,(H,29,33). The number of halogens is 4. The van der Waals surface area contributed by atoms with Gasteiger partial charge in [0.15, 0.2) is 0 Å². The Labute approximate surface area is 214 Å². The van der Waals surface area contributed by atoms with E-state index in [0.717, 1.165) is 24.0 Å². The quantitative estimate of drug-likeness (QED) is 0.459. The molecule has 7 nitrogen and oxygen atoms in total. The van der Waals surface area contributed by atoms with Crippen LogP contribution in [-0.4, -0.2) is 57.1 Å². The highest BCUT2D eigenvalue weighted by atomic mass is 35.5. The average Bonchev–Trinajstić information content (AvgIpc) is 2.79. The van der Waals surface area contributed by atoms with Gasteiger partial charge in [-0.05, 0) is 43.5 Å². The molecule has 12 heteroatoms. The van der Waals surface area contributed by atoms with Crippen LogP contribution in [0.25, 0.3) is 0 Å². The van der Waals surface area contributed by atoms with Gasteiger partial charge in [-0.15, -0.1) is 0 Å². The lowest BCUT2D eigenvalue weighted by Crippen LogP contribution is -2.53. The number of carbonyl (C=O) groups excluding carboxylic acids is 2. The Morgan fingerprint density at radius 2 is 1.72 bits per heavy atom. The Hall–Kier alpha value is -2.79. The number of anilines is 1. The Kier molecular flexibility index (Phi) is 10.2. The number of amides is 2. The molecule has 0 aliphatic rings. The highest BCUT2D eigenvalue weighted by Gasteiger charge is 2.36. The predicted octanol–water partition coefficient (Wildman–Crippen LogP) is 4.11. The maximum atomic E-state index is 13.4. The van der Waals surface area contributed by atoms with Crippen molar-refractivity contribution in [3.05, 3.63) is 64.7 Å². The van der Waals surface area contributed by atoms with Crippen LogP contribution in [0.2, 0.25) is 5.02 Å². The topological polar surface area (TPSA) is 86.8 Å². The van der Waals surface area contributed by atoms with Crippen LogP contribution in [0.3, 0.4) is 0 Å². The Balaban J connectivity index is 2.44. The number of nitrogens with one attached hydrogen (secondary N) is 1. The van der Waals surface area contributed by atoms with Gasteiger partial charge >= 0.3 is 6.18 Å². The number of sulfonamides is 1. The normalized spacial score (nSPS) is 12.6. The molecule has 36 heavy (non-hydrogen) atoms. The summed E-state index contributed by atoms with van der Waals surface area (Å²) in [6.07, 6.45) is -3.39. The Morgan fingerprint density at radius 1 is 1.08 bits per heavy atom. The third-order valence-electron chi connectivity index (χ3n) is 5.44. The van der Waals surface area contributed by atoms with E-state index in [2.05, 4.69) is 5.32 Å². The number of nitrogens with zero attached hydrogens (tertiary/aromatic N) is 2. The monoisotopic (exact) mass is 547 g/mol. The largest absolute Gasteiger partial charge is 0.417 e. The fourth-order valence-corrected chi connectivity index (χ4v) is 4.75. The molecule has 1 unspecified atom stereocenters. The van der Waals surface area contributed by atoms with Crippen LogP contribution in [0.5, 0.6) is 0 Å². The van der Waals surface area contributed by atoms with E-state index >= 15 is 0 Å². The number of hydrogen-bond donors (Lipinski definition) is 1. The molecule has 0 bridgehead atoms. The molecule has 0 fully saturated rings. The molecule has 2 rings (SSSR count). The van der Waals surface area contributed by atoms with Crippen LogP contribution in [-0.2, 0) is 32.2 Å². The molecule has 1 atom stereocenters. The molecule has 0 aliphatic heterocycles. The molecule has 0 saturated carbocycles. The van der Waals surface area contributed by atoms with E-state index in [1.54, 1.807) is 13.8 Å². The van der Waals surface area contributed by atoms with Crippen molar-refractivity contribution in [2.75, 3.05) is 30.2 Å². The number of rotatable bonds is 11. The first-order valence-electron chi connectivity index (χ1n) is 11.2. The smallest absolute Gasteiger partial charge is 0.355 e. The third kappa shape index (κ3) is 7.86. The summed E-state index contributed by atoms with van der Waals surface area (Å²) in [6, 6.07) is 10.9. The summed E-state index contributed by atoms with van der Waals surface area (Å²) in [4.78, 5) is 27.4. The van der Waals surface area contributed by atoms with Crippen molar-refractivity contribution in [3.63, 3.8) is 0 Å². The van der Waals surface area contributed by atoms with Crippen LogP contribution in [0.4, 0.5) is 18.9 Å². The van der Waals surface area contributed by atoms with Crippen LogP contribution in [0.15, 0.2) is 48.5 Å². The first-order chi connectivity index (χ1) is 16.8. The van der Waals surface area contributed by atoms with Crippen molar-refractivity contribution in [2.45, 2.75) is 38.9 Å². The first kappa shape index (κ1) is 29.4. The van der Waals surface area contributed by atoms with E-state index in [4.69, 9.17) is 11.6 Å². The summed E-state index contributed by atoms with van der Waals surface area (Å²) >= 11 is 5.67. The summed E-state index contributed by atoms with van der Waals surface area (Å²) in [7, 11) is -4.18. The average molecular weight is 548 g/mol. The molecular weight excluding hydrogens is 519 g/mol. The Bertz CT molecular complexity index is 1160. The van der Waals surface area contributed by atoms with E-state index in [-0.39, 0.29) is 18.7 Å². The van der Waals surface area contributed by atoms with Gasteiger partial charge < -0.3 is 10.2 Å². The van der Waals surface area contributed by atoms with Crippen LogP contribution in [0, 0.1) is 0 Å². The minimum Gasteiger partial charge on any atom is -0.355 e. The van der Waals surface area contributed by atoms with Gasteiger partial charge in [-0.25, -0.2) is 8.42 Å². The second-order valence-electron chi connectivity index (χ2n) is 8.07. The van der Waals surface area contributed by atoms with Crippen LogP contribution < -0.4 is 9.62 Å². The van der Waals surface area contributed by atoms with Gasteiger partial charge in [-0.1, -0.05) is 48.9 Å². The van der Waals surface area contributed by atoms with E-state index < -0.39 is 51.2 Å². The fraction of sp³-hybridized carbons (Fsp3) is 0.417. The number of alkyl halides is 3. The van der Waals surface area contributed by atoms with Crippen molar-refractivity contribution in [1.29, 1.82) is 0 Å². The second kappa shape index (κ2) is 12.4. The van der Waals surface area contributed by atoms with Gasteiger partial charge in [0.05, 0.1) is 22.5 Å². The molecule has 1 N–H and O–H groups in total. The zero-order valence-electron chi connectivity index (χ0n) is 20.2. The lowest BCUT2D eigenvalue weighted by molar-refractivity contribution is -0.139. The van der Waals surface area contributed by atoms with Gasteiger partial charge in [-0.2, -0.15) is 13.2 Å². The van der Waals surface area contributed by atoms with Crippen molar-refractivity contribution in [2.24, 2.45) is 0 Å². The summed E-state index contributed by atoms with van der Waals surface area (Å²) in [5, 5.41) is 2.07. The minimum atomic E-state index is -4.83. The van der Waals surface area contributed by atoms with E-state index in [1.807, 2.05) is 30.3 Å². The highest BCUT2D eigenvalue weighted by molar-refractivity contribution is 7.92. The second-order valence-corrected chi connectivity index (χ2v) is 10.4. The molecule has 0 spiro atoms. The molecule has 0 aliphatic carbocycles. The molecule has 0 heterocycles. The highest BCUT2D eigenvalue weighted by Crippen LogP contribution is 2.37. The van der Waals surface area contributed by atoms with Gasteiger partial charge in [0, 0.05) is 13.1 Å². The molecule has 2 aromatic rings. The minimum absolute atomic E-state index is 0.102. The summed E-state index contributed by atoms with van der Waals surface area (Å²) < 4.78 is 65.8. The third-order valence-corrected chi connectivity index (χ3v) is 6.91. The van der Waals surface area contributed by atoms with Crippen LogP contribution in [0.1, 0.15) is 31.4 Å². The zero-order valence-corrected chi connectivity index (χ0v) is 21.8. The van der Waals surface area contributed by atoms with Gasteiger partial charge in [0.2, 0.25) is 21.8 Å². The number of benzene rings is 2. The van der Waals surface area contributed by atoms with E-state index in [0.29, 0.717) is 23.3 Å². The lowest BCUT2D eigenvalue weighted by Gasteiger charge is -2.33. The molecule has 198 valence electrons. The molecule has 0 aromatic heterocycles. The number of carbonyl (C=O) groups is 2. The van der Waals surface area contributed by atoms with E-state index in [9.17, 15) is 31.2 Å². The Morgan fingerprint density at radius 3 is 2.25 bits per heavy atom. The van der Waals surface area contributed by atoms with Crippen molar-refractivity contribution in [3.8, 4) is 0 Å². The zero-order chi connectivity index (χ0) is 27.1. The molecule has 0 saturated heterocycles. The van der Waals surface area contributed by atoms with Gasteiger partial charge in [0.1, 0.15) is 12.6 Å². The number of likely N-dealkylation sites (N-methyl/N-ethyl adjacent to an activating group) is 1. The van der Waals surface area contributed by atoms with Crippen molar-refractivity contribution in [1.82, 2.24) is 10.2 Å². The summed E-state index contributed by atoms with van der Waals surface area (Å²) in [5.74, 6) is -1.13. The molecular formula is C24H29ClF3N3O4S. The lowest BCUT2D eigenvalue weighted by atomic mass is 10.1. The molecule has 2 amide bonds. The number of hydrogen-bond acceptors (Lipinski definition) is 4. The van der Waals surface area contributed by atoms with Gasteiger partial charge in [0.25, 0.3) is 0 Å². The van der Waals surface area contributed by atoms with Gasteiger partial charge in [-0.3, -0.25) is 13.9 Å². The predicted molar refractivity (Wildman–Crippen MR) is 133 cm³/mol. The molecule has 0 radical (unpaired) electrons. The van der Waals surface area contributed by atoms with Crippen molar-refractivity contribution < 1.29 is 31.2 Å². The van der Waals surface area contributed by atoms with E-state index in [1.165, 1.54) is 4.90 Å². The maximum absolute atomic E-state index is 13.4. The summed E-state index contributed by atoms with van der Waals surface area (Å²) in [5.41, 5.74) is -0.692. The van der Waals surface area contributed by atoms with Crippen molar-refractivity contribution >= 4 is 39.1 Å². The fourth-order valence-electron chi connectivity index (χ4n) is 3.69. The van der Waals surface area contributed by atoms with Crippen LogP contribution >= 0.6 is 11.6 Å².